The van der Waals surface area contributed by atoms with Crippen LogP contribution in [0.3, 0.4) is 0 Å². The predicted molar refractivity (Wildman–Crippen MR) is 154 cm³/mol. The maximum atomic E-state index is 12.0. The summed E-state index contributed by atoms with van der Waals surface area (Å²) in [4.78, 5) is 18.3. The van der Waals surface area contributed by atoms with Gasteiger partial charge in [0.2, 0.25) is 0 Å². The fraction of sp³-hybridized carbons (Fsp3) is 0.276. The molecule has 0 atom stereocenters. The minimum absolute atomic E-state index is 0.00929. The number of nitrogens with zero attached hydrogens (tertiary/aromatic N) is 6. The van der Waals surface area contributed by atoms with Crippen LogP contribution in [0.2, 0.25) is 0 Å². The highest BCUT2D eigenvalue weighted by molar-refractivity contribution is 7.13. The molecule has 10 nitrogen and oxygen atoms in total. The maximum Gasteiger partial charge on any atom is 0.259 e. The van der Waals surface area contributed by atoms with Crippen LogP contribution in [0.4, 0.5) is 0 Å². The number of aromatic amines is 1. The number of carbonyl (C=O) groups is 1. The normalized spacial score (nSPS) is 11.9. The lowest BCUT2D eigenvalue weighted by molar-refractivity contribution is -0.130. The monoisotopic (exact) mass is 555 g/mol. The topological polar surface area (TPSA) is 115 Å². The molecule has 0 spiro atoms. The van der Waals surface area contributed by atoms with Gasteiger partial charge in [0.25, 0.3) is 5.91 Å². The number of hydrogen-bond acceptors (Lipinski definition) is 8. The molecular formula is C29H29N7O3S. The van der Waals surface area contributed by atoms with Gasteiger partial charge in [-0.1, -0.05) is 26.8 Å². The molecule has 11 heteroatoms. The number of hydrogen-bond donors (Lipinski definition) is 1. The summed E-state index contributed by atoms with van der Waals surface area (Å²) in [6, 6.07) is 14.1. The molecule has 0 fully saturated rings. The van der Waals surface area contributed by atoms with E-state index >= 15 is 0 Å². The Kier molecular flexibility index (Phi) is 6.38. The second kappa shape index (κ2) is 9.91. The first kappa shape index (κ1) is 25.8. The average Bonchev–Trinajstić information content (AvgIpc) is 3.72. The predicted octanol–water partition coefficient (Wildman–Crippen LogP) is 5.50. The molecule has 0 unspecified atom stereocenters. The molecule has 0 bridgehead atoms. The lowest BCUT2D eigenvalue weighted by Crippen LogP contribution is -2.27. The number of fused-ring (bicyclic) bond motifs is 2. The molecule has 4 heterocycles. The Balaban J connectivity index is 1.32. The first-order valence-corrected chi connectivity index (χ1v) is 13.7. The van der Waals surface area contributed by atoms with Crippen LogP contribution in [-0.2, 0) is 16.8 Å². The highest BCUT2D eigenvalue weighted by Crippen LogP contribution is 2.35. The average molecular weight is 556 g/mol. The van der Waals surface area contributed by atoms with Gasteiger partial charge >= 0.3 is 0 Å². The molecule has 2 aromatic carbocycles. The molecule has 204 valence electrons. The zero-order chi connectivity index (χ0) is 28.0. The number of carbonyl (C=O) groups excluding carboxylic acids is 1. The van der Waals surface area contributed by atoms with Crippen molar-refractivity contribution in [2.24, 2.45) is 0 Å². The van der Waals surface area contributed by atoms with Crippen molar-refractivity contribution in [3.8, 4) is 27.9 Å². The zero-order valence-electron chi connectivity index (χ0n) is 22.9. The number of likely N-dealkylation sites (N-methyl/N-ethyl adjacent to an activating group) is 1. The smallest absolute Gasteiger partial charge is 0.259 e. The summed E-state index contributed by atoms with van der Waals surface area (Å²) < 4.78 is 14.1. The number of ether oxygens (including phenoxy) is 1. The molecule has 6 rings (SSSR count). The summed E-state index contributed by atoms with van der Waals surface area (Å²) in [5.74, 6) is 1.82. The van der Waals surface area contributed by atoms with Crippen LogP contribution in [0.1, 0.15) is 32.0 Å². The first-order chi connectivity index (χ1) is 19.2. The van der Waals surface area contributed by atoms with E-state index in [0.29, 0.717) is 18.1 Å². The van der Waals surface area contributed by atoms with Gasteiger partial charge in [0.05, 0.1) is 5.69 Å². The summed E-state index contributed by atoms with van der Waals surface area (Å²) in [7, 11) is 3.40. The lowest BCUT2D eigenvalue weighted by Gasteiger charge is -2.13. The van der Waals surface area contributed by atoms with Crippen LogP contribution < -0.4 is 4.74 Å². The number of aromatic nitrogens is 6. The van der Waals surface area contributed by atoms with E-state index in [1.54, 1.807) is 25.4 Å². The number of furan rings is 1. The van der Waals surface area contributed by atoms with E-state index in [2.05, 4.69) is 69.5 Å². The summed E-state index contributed by atoms with van der Waals surface area (Å²) in [6.45, 7) is 7.06. The molecule has 6 aromatic rings. The number of tetrazole rings is 1. The molecule has 0 aliphatic carbocycles. The van der Waals surface area contributed by atoms with Crippen molar-refractivity contribution in [1.29, 1.82) is 0 Å². The van der Waals surface area contributed by atoms with Crippen molar-refractivity contribution < 1.29 is 13.9 Å². The minimum Gasteiger partial charge on any atom is -0.484 e. The molecule has 0 aliphatic rings. The number of H-pyrrole nitrogens is 1. The van der Waals surface area contributed by atoms with Crippen molar-refractivity contribution >= 4 is 39.1 Å². The van der Waals surface area contributed by atoms with Crippen molar-refractivity contribution in [3.05, 3.63) is 65.3 Å². The fourth-order valence-electron chi connectivity index (χ4n) is 4.46. The van der Waals surface area contributed by atoms with Crippen molar-refractivity contribution in [3.63, 3.8) is 0 Å². The number of benzene rings is 2. The molecule has 1 amide bonds. The van der Waals surface area contributed by atoms with Crippen LogP contribution in [0.25, 0.3) is 44.0 Å². The van der Waals surface area contributed by atoms with Crippen LogP contribution in [0.15, 0.2) is 58.5 Å². The van der Waals surface area contributed by atoms with E-state index in [4.69, 9.17) is 14.1 Å². The summed E-state index contributed by atoms with van der Waals surface area (Å²) in [6.07, 6.45) is 2.02. The van der Waals surface area contributed by atoms with E-state index in [0.717, 1.165) is 49.5 Å². The van der Waals surface area contributed by atoms with E-state index in [1.165, 1.54) is 4.90 Å². The van der Waals surface area contributed by atoms with Crippen LogP contribution in [0.5, 0.6) is 5.75 Å². The Labute approximate surface area is 234 Å². The van der Waals surface area contributed by atoms with Crippen LogP contribution in [0, 0.1) is 0 Å². The van der Waals surface area contributed by atoms with E-state index < -0.39 is 0 Å². The van der Waals surface area contributed by atoms with Crippen molar-refractivity contribution in [1.82, 2.24) is 35.1 Å². The van der Waals surface area contributed by atoms with Gasteiger partial charge in [0, 0.05) is 59.5 Å². The van der Waals surface area contributed by atoms with Gasteiger partial charge < -0.3 is 18.6 Å². The van der Waals surface area contributed by atoms with Crippen LogP contribution >= 0.6 is 11.3 Å². The Hall–Kier alpha value is -4.51. The van der Waals surface area contributed by atoms with Gasteiger partial charge in [-0.05, 0) is 52.4 Å². The molecule has 1 N–H and O–H groups in total. The molecule has 0 radical (unpaired) electrons. The number of amides is 1. The molecule has 0 aliphatic heterocycles. The third-order valence-electron chi connectivity index (χ3n) is 6.73. The number of nitrogens with one attached hydrogen (secondary N) is 1. The minimum atomic E-state index is -0.111. The van der Waals surface area contributed by atoms with Gasteiger partial charge in [-0.3, -0.25) is 4.79 Å². The largest absolute Gasteiger partial charge is 0.484 e. The highest BCUT2D eigenvalue weighted by Gasteiger charge is 2.20. The fourth-order valence-corrected chi connectivity index (χ4v) is 5.45. The second-order valence-corrected chi connectivity index (χ2v) is 11.8. The van der Waals surface area contributed by atoms with E-state index in [1.807, 2.05) is 30.5 Å². The Bertz CT molecular complexity index is 1820. The van der Waals surface area contributed by atoms with Gasteiger partial charge in [0.1, 0.15) is 11.3 Å². The zero-order valence-corrected chi connectivity index (χ0v) is 23.7. The van der Waals surface area contributed by atoms with Crippen molar-refractivity contribution in [2.75, 3.05) is 20.7 Å². The third-order valence-corrected chi connectivity index (χ3v) is 7.59. The van der Waals surface area contributed by atoms with Crippen LogP contribution in [-0.4, -0.2) is 61.7 Å². The van der Waals surface area contributed by atoms with Gasteiger partial charge in [-0.15, -0.1) is 16.4 Å². The molecule has 0 saturated heterocycles. The second-order valence-electron chi connectivity index (χ2n) is 10.9. The first-order valence-electron chi connectivity index (χ1n) is 12.8. The SMILES string of the molecule is CN(C)C(=O)COc1ccc2c(c1)c(-c1nnn[nH]1)cn2Cc1ccc2oc(-c3nc(C(C)(C)C)cs3)cc2c1. The highest BCUT2D eigenvalue weighted by atomic mass is 32.1. The Morgan fingerprint density at radius 3 is 2.73 bits per heavy atom. The third kappa shape index (κ3) is 4.95. The van der Waals surface area contributed by atoms with Gasteiger partial charge in [0.15, 0.2) is 23.2 Å². The van der Waals surface area contributed by atoms with E-state index in [9.17, 15) is 4.79 Å². The van der Waals surface area contributed by atoms with E-state index in [-0.39, 0.29) is 17.9 Å². The summed E-state index contributed by atoms with van der Waals surface area (Å²) >= 11 is 1.60. The standard InChI is InChI=1S/C29H29N7O3S/c1-29(2,3)25-16-40-28(30-25)24-11-18-10-17(6-9-23(18)39-24)13-36-14-21(27-31-33-34-32-27)20-12-19(7-8-22(20)36)38-15-26(37)35(4)5/h6-12,14,16H,13,15H2,1-5H3,(H,31,32,33,34). The quantitative estimate of drug-likeness (QED) is 0.276. The van der Waals surface area contributed by atoms with Gasteiger partial charge in [-0.2, -0.15) is 0 Å². The molecular weight excluding hydrogens is 526 g/mol. The molecule has 40 heavy (non-hydrogen) atoms. The number of thiazole rings is 1. The Morgan fingerprint density at radius 1 is 1.15 bits per heavy atom. The van der Waals surface area contributed by atoms with Crippen molar-refractivity contribution in [2.45, 2.75) is 32.7 Å². The molecule has 4 aromatic heterocycles. The number of rotatable bonds is 7. The summed E-state index contributed by atoms with van der Waals surface area (Å²) in [5, 5.41) is 19.4. The van der Waals surface area contributed by atoms with Gasteiger partial charge in [-0.25, -0.2) is 10.1 Å². The Morgan fingerprint density at radius 2 is 2.00 bits per heavy atom. The lowest BCUT2D eigenvalue weighted by atomic mass is 9.93. The maximum absolute atomic E-state index is 12.0. The molecule has 0 saturated carbocycles. The summed E-state index contributed by atoms with van der Waals surface area (Å²) in [5.41, 5.74) is 4.82.